The van der Waals surface area contributed by atoms with E-state index < -0.39 is 0 Å². The van der Waals surface area contributed by atoms with Gasteiger partial charge in [0.15, 0.2) is 0 Å². The number of benzene rings is 2. The van der Waals surface area contributed by atoms with Crippen LogP contribution in [-0.4, -0.2) is 21.9 Å². The monoisotopic (exact) mass is 361 g/mol. The average molecular weight is 361 g/mol. The van der Waals surface area contributed by atoms with Crippen molar-refractivity contribution in [1.82, 2.24) is 15.3 Å². The smallest absolute Gasteiger partial charge is 0.251 e. The summed E-state index contributed by atoms with van der Waals surface area (Å²) in [5.74, 6) is 0.870. The number of hydrogen-bond donors (Lipinski definition) is 2. The lowest BCUT2D eigenvalue weighted by Gasteiger charge is -2.21. The van der Waals surface area contributed by atoms with Crippen molar-refractivity contribution in [3.05, 3.63) is 53.6 Å². The van der Waals surface area contributed by atoms with Crippen LogP contribution in [0.4, 0.5) is 0 Å². The minimum atomic E-state index is 0.0346. The molecule has 2 aromatic carbocycles. The molecule has 1 heterocycles. The summed E-state index contributed by atoms with van der Waals surface area (Å²) in [5, 5.41) is 3.23. The Morgan fingerprint density at radius 2 is 1.70 bits per heavy atom. The molecule has 4 rings (SSSR count). The van der Waals surface area contributed by atoms with E-state index in [1.165, 1.54) is 37.7 Å². The number of rotatable bonds is 3. The van der Waals surface area contributed by atoms with Crippen LogP contribution in [0, 0.1) is 6.92 Å². The quantitative estimate of drug-likeness (QED) is 0.658. The van der Waals surface area contributed by atoms with Gasteiger partial charge in [-0.2, -0.15) is 0 Å². The van der Waals surface area contributed by atoms with Gasteiger partial charge < -0.3 is 10.3 Å². The van der Waals surface area contributed by atoms with Gasteiger partial charge >= 0.3 is 0 Å². The molecule has 0 unspecified atom stereocenters. The summed E-state index contributed by atoms with van der Waals surface area (Å²) in [6.07, 6.45) is 8.55. The van der Waals surface area contributed by atoms with Gasteiger partial charge in [0, 0.05) is 17.2 Å². The van der Waals surface area contributed by atoms with Crippen molar-refractivity contribution in [2.45, 2.75) is 57.9 Å². The molecular formula is C23H27N3O. The lowest BCUT2D eigenvalue weighted by atomic mass is 9.96. The average Bonchev–Trinajstić information content (AvgIpc) is 3.07. The summed E-state index contributed by atoms with van der Waals surface area (Å²) < 4.78 is 0. The van der Waals surface area contributed by atoms with Crippen LogP contribution < -0.4 is 5.32 Å². The molecule has 4 heteroatoms. The maximum atomic E-state index is 12.6. The highest BCUT2D eigenvalue weighted by molar-refractivity contribution is 5.94. The van der Waals surface area contributed by atoms with E-state index in [-0.39, 0.29) is 5.91 Å². The molecule has 2 N–H and O–H groups in total. The molecule has 1 aromatic heterocycles. The van der Waals surface area contributed by atoms with E-state index in [9.17, 15) is 4.79 Å². The van der Waals surface area contributed by atoms with Crippen molar-refractivity contribution < 1.29 is 4.79 Å². The highest BCUT2D eigenvalue weighted by atomic mass is 16.1. The Bertz CT molecular complexity index is 918. The van der Waals surface area contributed by atoms with Crippen LogP contribution in [0.3, 0.4) is 0 Å². The molecule has 0 bridgehead atoms. The summed E-state index contributed by atoms with van der Waals surface area (Å²) in [5.41, 5.74) is 4.91. The zero-order valence-corrected chi connectivity index (χ0v) is 15.9. The molecular weight excluding hydrogens is 334 g/mol. The number of aryl methyl sites for hydroxylation is 1. The van der Waals surface area contributed by atoms with Gasteiger partial charge in [0.05, 0.1) is 11.0 Å². The van der Waals surface area contributed by atoms with Crippen LogP contribution in [0.2, 0.25) is 0 Å². The van der Waals surface area contributed by atoms with Crippen LogP contribution in [0.1, 0.15) is 60.9 Å². The topological polar surface area (TPSA) is 57.8 Å². The van der Waals surface area contributed by atoms with E-state index in [1.807, 2.05) is 30.3 Å². The van der Waals surface area contributed by atoms with E-state index in [2.05, 4.69) is 34.3 Å². The summed E-state index contributed by atoms with van der Waals surface area (Å²) in [4.78, 5) is 20.6. The molecule has 1 amide bonds. The number of nitrogens with zero attached hydrogens (tertiary/aromatic N) is 1. The van der Waals surface area contributed by atoms with Crippen LogP contribution in [0.5, 0.6) is 0 Å². The van der Waals surface area contributed by atoms with Crippen molar-refractivity contribution in [2.75, 3.05) is 0 Å². The molecule has 0 atom stereocenters. The Hall–Kier alpha value is -2.62. The molecule has 0 aliphatic heterocycles. The van der Waals surface area contributed by atoms with Gasteiger partial charge in [-0.15, -0.1) is 0 Å². The van der Waals surface area contributed by atoms with Crippen molar-refractivity contribution in [2.24, 2.45) is 0 Å². The van der Waals surface area contributed by atoms with Crippen LogP contribution >= 0.6 is 0 Å². The minimum Gasteiger partial charge on any atom is -0.349 e. The normalized spacial score (nSPS) is 16.0. The number of carbonyl (C=O) groups is 1. The number of aromatic nitrogens is 2. The zero-order valence-electron chi connectivity index (χ0n) is 15.9. The second-order valence-electron chi connectivity index (χ2n) is 7.70. The molecule has 0 spiro atoms. The number of fused-ring (bicyclic) bond motifs is 1. The summed E-state index contributed by atoms with van der Waals surface area (Å²) in [6.45, 7) is 2.07. The molecule has 1 fully saturated rings. The Morgan fingerprint density at radius 3 is 2.44 bits per heavy atom. The third-order valence-corrected chi connectivity index (χ3v) is 5.50. The number of nitrogens with one attached hydrogen (secondary N) is 2. The molecule has 4 nitrogen and oxygen atoms in total. The van der Waals surface area contributed by atoms with Crippen LogP contribution in [0.15, 0.2) is 42.5 Å². The van der Waals surface area contributed by atoms with Gasteiger partial charge in [-0.25, -0.2) is 4.98 Å². The van der Waals surface area contributed by atoms with Gasteiger partial charge in [0.1, 0.15) is 5.82 Å². The largest absolute Gasteiger partial charge is 0.349 e. The number of aromatic amines is 1. The minimum absolute atomic E-state index is 0.0346. The highest BCUT2D eigenvalue weighted by Gasteiger charge is 2.15. The van der Waals surface area contributed by atoms with Crippen molar-refractivity contribution in [3.8, 4) is 11.4 Å². The van der Waals surface area contributed by atoms with Crippen molar-refractivity contribution in [3.63, 3.8) is 0 Å². The second-order valence-corrected chi connectivity index (χ2v) is 7.70. The maximum absolute atomic E-state index is 12.6. The summed E-state index contributed by atoms with van der Waals surface area (Å²) in [7, 11) is 0. The lowest BCUT2D eigenvalue weighted by molar-refractivity contribution is 0.0930. The van der Waals surface area contributed by atoms with Gasteiger partial charge in [0.2, 0.25) is 0 Å². The Balaban J connectivity index is 1.46. The van der Waals surface area contributed by atoms with Crippen molar-refractivity contribution in [1.29, 1.82) is 0 Å². The standard InChI is InChI=1S/C23H27N3O/c1-16-9-14-20-21(15-16)26-22(25-20)17-10-12-18(13-11-17)23(27)24-19-7-5-3-2-4-6-8-19/h9-15,19H,2-8H2,1H3,(H,24,27)(H,25,26). The molecule has 140 valence electrons. The fourth-order valence-electron chi connectivity index (χ4n) is 3.91. The summed E-state index contributed by atoms with van der Waals surface area (Å²) in [6, 6.07) is 14.2. The van der Waals surface area contributed by atoms with Gasteiger partial charge in [0.25, 0.3) is 5.91 Å². The summed E-state index contributed by atoms with van der Waals surface area (Å²) >= 11 is 0. The Morgan fingerprint density at radius 1 is 1.00 bits per heavy atom. The first-order valence-electron chi connectivity index (χ1n) is 10.1. The number of H-pyrrole nitrogens is 1. The lowest BCUT2D eigenvalue weighted by Crippen LogP contribution is -2.35. The fourth-order valence-corrected chi connectivity index (χ4v) is 3.91. The number of hydrogen-bond acceptors (Lipinski definition) is 2. The van der Waals surface area contributed by atoms with Crippen LogP contribution in [-0.2, 0) is 0 Å². The SMILES string of the molecule is Cc1ccc2nc(-c3ccc(C(=O)NC4CCCCCCC4)cc3)[nH]c2c1. The first-order valence-corrected chi connectivity index (χ1v) is 10.1. The first kappa shape index (κ1) is 17.8. The predicted molar refractivity (Wildman–Crippen MR) is 110 cm³/mol. The van der Waals surface area contributed by atoms with Gasteiger partial charge in [-0.05, 0) is 49.6 Å². The predicted octanol–water partition coefficient (Wildman–Crippen LogP) is 5.38. The molecule has 1 saturated carbocycles. The molecule has 27 heavy (non-hydrogen) atoms. The number of amides is 1. The second kappa shape index (κ2) is 7.95. The zero-order chi connectivity index (χ0) is 18.6. The van der Waals surface area contributed by atoms with Crippen molar-refractivity contribution >= 4 is 16.9 Å². The van der Waals surface area contributed by atoms with E-state index in [0.717, 1.165) is 35.3 Å². The van der Waals surface area contributed by atoms with Gasteiger partial charge in [-0.1, -0.05) is 50.3 Å². The third kappa shape index (κ3) is 4.21. The number of carbonyl (C=O) groups excluding carboxylic acids is 1. The highest BCUT2D eigenvalue weighted by Crippen LogP contribution is 2.22. The maximum Gasteiger partial charge on any atom is 0.251 e. The van der Waals surface area contributed by atoms with E-state index in [0.29, 0.717) is 11.6 Å². The van der Waals surface area contributed by atoms with Crippen LogP contribution in [0.25, 0.3) is 22.4 Å². The Labute approximate surface area is 160 Å². The Kier molecular flexibility index (Phi) is 5.23. The van der Waals surface area contributed by atoms with E-state index >= 15 is 0 Å². The number of imidazole rings is 1. The third-order valence-electron chi connectivity index (χ3n) is 5.50. The molecule has 1 aliphatic carbocycles. The first-order chi connectivity index (χ1) is 13.2. The van der Waals surface area contributed by atoms with E-state index in [4.69, 9.17) is 0 Å². The molecule has 1 aliphatic rings. The fraction of sp³-hybridized carbons (Fsp3) is 0.391. The molecule has 0 saturated heterocycles. The molecule has 0 radical (unpaired) electrons. The van der Waals surface area contributed by atoms with Gasteiger partial charge in [-0.3, -0.25) is 4.79 Å². The van der Waals surface area contributed by atoms with E-state index in [1.54, 1.807) is 0 Å². The molecule has 3 aromatic rings.